The largest absolute Gasteiger partial charge is 0.373 e. The Hall–Kier alpha value is -0.930. The molecular weight excluding hydrogens is 253 g/mol. The Balaban J connectivity index is 2.26. The Kier molecular flexibility index (Phi) is 4.82. The Morgan fingerprint density at radius 2 is 2.05 bits per heavy atom. The predicted molar refractivity (Wildman–Crippen MR) is 80.1 cm³/mol. The van der Waals surface area contributed by atoms with Crippen molar-refractivity contribution in [3.05, 3.63) is 35.1 Å². The molecule has 2 N–H and O–H groups in total. The molecule has 0 aromatic heterocycles. The number of nitrogens with two attached hydrogens (primary N) is 1. The molecule has 1 unspecified atom stereocenters. The van der Waals surface area contributed by atoms with Gasteiger partial charge in [-0.3, -0.25) is 0 Å². The number of halogens is 1. The fourth-order valence-electron chi connectivity index (χ4n) is 3.25. The van der Waals surface area contributed by atoms with Crippen molar-refractivity contribution in [1.82, 2.24) is 0 Å². The van der Waals surface area contributed by atoms with Gasteiger partial charge in [-0.1, -0.05) is 19.1 Å². The molecule has 0 saturated heterocycles. The van der Waals surface area contributed by atoms with E-state index in [9.17, 15) is 4.39 Å². The summed E-state index contributed by atoms with van der Waals surface area (Å²) in [6.45, 7) is 6.75. The van der Waals surface area contributed by atoms with Crippen LogP contribution >= 0.6 is 0 Å². The van der Waals surface area contributed by atoms with Gasteiger partial charge in [0.25, 0.3) is 0 Å². The monoisotopic (exact) mass is 279 g/mol. The molecule has 2 nitrogen and oxygen atoms in total. The summed E-state index contributed by atoms with van der Waals surface area (Å²) in [4.78, 5) is 0. The molecule has 1 aromatic rings. The lowest BCUT2D eigenvalue weighted by atomic mass is 9.73. The summed E-state index contributed by atoms with van der Waals surface area (Å²) >= 11 is 0. The lowest BCUT2D eigenvalue weighted by molar-refractivity contribution is -0.0897. The van der Waals surface area contributed by atoms with Gasteiger partial charge in [0.2, 0.25) is 0 Å². The van der Waals surface area contributed by atoms with E-state index in [4.69, 9.17) is 10.5 Å². The molecule has 1 aliphatic rings. The van der Waals surface area contributed by atoms with Crippen LogP contribution in [-0.4, -0.2) is 12.2 Å². The second-order valence-corrected chi connectivity index (χ2v) is 6.17. The Morgan fingerprint density at radius 1 is 1.40 bits per heavy atom. The standard InChI is InChI=1S/C17H26FNO/c1-4-20-17(9-7-12(2)8-10-17)16(19)14-5-6-15(18)13(3)11-14/h5-6,11-12,16H,4,7-10,19H2,1-3H3. The van der Waals surface area contributed by atoms with E-state index >= 15 is 0 Å². The quantitative estimate of drug-likeness (QED) is 0.899. The van der Waals surface area contributed by atoms with Crippen molar-refractivity contribution in [2.24, 2.45) is 11.7 Å². The number of hydrogen-bond acceptors (Lipinski definition) is 2. The highest BCUT2D eigenvalue weighted by molar-refractivity contribution is 5.28. The topological polar surface area (TPSA) is 35.2 Å². The van der Waals surface area contributed by atoms with Gasteiger partial charge in [-0.25, -0.2) is 4.39 Å². The molecule has 2 rings (SSSR count). The molecule has 0 aliphatic heterocycles. The van der Waals surface area contributed by atoms with Crippen LogP contribution in [0.3, 0.4) is 0 Å². The van der Waals surface area contributed by atoms with Crippen molar-refractivity contribution in [3.8, 4) is 0 Å². The molecule has 0 radical (unpaired) electrons. The lowest BCUT2D eigenvalue weighted by Crippen LogP contribution is -2.46. The van der Waals surface area contributed by atoms with Crippen molar-refractivity contribution >= 4 is 0 Å². The van der Waals surface area contributed by atoms with Gasteiger partial charge < -0.3 is 10.5 Å². The molecule has 1 atom stereocenters. The summed E-state index contributed by atoms with van der Waals surface area (Å²) < 4.78 is 19.5. The molecule has 0 spiro atoms. The van der Waals surface area contributed by atoms with Crippen molar-refractivity contribution in [2.75, 3.05) is 6.61 Å². The number of ether oxygens (including phenoxy) is 1. The Morgan fingerprint density at radius 3 is 2.60 bits per heavy atom. The van der Waals surface area contributed by atoms with Gasteiger partial charge in [-0.05, 0) is 62.6 Å². The average molecular weight is 279 g/mol. The third-order valence-electron chi connectivity index (χ3n) is 4.66. The van der Waals surface area contributed by atoms with Crippen LogP contribution in [0.25, 0.3) is 0 Å². The molecule has 0 bridgehead atoms. The van der Waals surface area contributed by atoms with Gasteiger partial charge in [0, 0.05) is 6.61 Å². The molecular formula is C17H26FNO. The summed E-state index contributed by atoms with van der Waals surface area (Å²) in [6, 6.07) is 4.98. The second kappa shape index (κ2) is 6.23. The molecule has 112 valence electrons. The number of rotatable bonds is 4. The summed E-state index contributed by atoms with van der Waals surface area (Å²) in [6.07, 6.45) is 4.26. The summed E-state index contributed by atoms with van der Waals surface area (Å²) in [5, 5.41) is 0. The number of benzene rings is 1. The summed E-state index contributed by atoms with van der Waals surface area (Å²) in [5.41, 5.74) is 7.85. The van der Waals surface area contributed by atoms with Gasteiger partial charge in [0.15, 0.2) is 0 Å². The molecule has 20 heavy (non-hydrogen) atoms. The van der Waals surface area contributed by atoms with Crippen LogP contribution in [-0.2, 0) is 4.74 Å². The molecule has 1 aromatic carbocycles. The zero-order valence-electron chi connectivity index (χ0n) is 12.8. The highest BCUT2D eigenvalue weighted by atomic mass is 19.1. The fraction of sp³-hybridized carbons (Fsp3) is 0.647. The maximum Gasteiger partial charge on any atom is 0.126 e. The van der Waals surface area contributed by atoms with E-state index < -0.39 is 0 Å². The molecule has 1 fully saturated rings. The van der Waals surface area contributed by atoms with E-state index in [2.05, 4.69) is 6.92 Å². The minimum Gasteiger partial charge on any atom is -0.373 e. The van der Waals surface area contributed by atoms with Gasteiger partial charge in [-0.2, -0.15) is 0 Å². The van der Waals surface area contributed by atoms with E-state index in [0.29, 0.717) is 12.2 Å². The average Bonchev–Trinajstić information content (AvgIpc) is 2.44. The zero-order chi connectivity index (χ0) is 14.8. The van der Waals surface area contributed by atoms with E-state index in [-0.39, 0.29) is 17.5 Å². The van der Waals surface area contributed by atoms with Crippen LogP contribution in [0.15, 0.2) is 18.2 Å². The zero-order valence-corrected chi connectivity index (χ0v) is 12.8. The van der Waals surface area contributed by atoms with Gasteiger partial charge in [0.05, 0.1) is 11.6 Å². The first-order valence-corrected chi connectivity index (χ1v) is 7.64. The second-order valence-electron chi connectivity index (χ2n) is 6.17. The maximum absolute atomic E-state index is 13.4. The Bertz CT molecular complexity index is 452. The van der Waals surface area contributed by atoms with Crippen molar-refractivity contribution in [1.29, 1.82) is 0 Å². The first-order valence-electron chi connectivity index (χ1n) is 7.64. The summed E-state index contributed by atoms with van der Waals surface area (Å²) in [5.74, 6) is 0.564. The Labute approximate surface area is 121 Å². The summed E-state index contributed by atoms with van der Waals surface area (Å²) in [7, 11) is 0. The van der Waals surface area contributed by atoms with E-state index in [1.54, 1.807) is 13.0 Å². The number of aryl methyl sites for hydroxylation is 1. The van der Waals surface area contributed by atoms with Crippen LogP contribution < -0.4 is 5.73 Å². The molecule has 0 amide bonds. The predicted octanol–water partition coefficient (Wildman–Crippen LogP) is 4.12. The third kappa shape index (κ3) is 3.04. The highest BCUT2D eigenvalue weighted by Gasteiger charge is 2.41. The van der Waals surface area contributed by atoms with E-state index in [1.807, 2.05) is 13.0 Å². The molecule has 1 aliphatic carbocycles. The normalized spacial score (nSPS) is 28.4. The highest BCUT2D eigenvalue weighted by Crippen LogP contribution is 2.42. The van der Waals surface area contributed by atoms with Crippen LogP contribution in [0.2, 0.25) is 0 Å². The van der Waals surface area contributed by atoms with E-state index in [1.165, 1.54) is 6.07 Å². The van der Waals surface area contributed by atoms with Crippen molar-refractivity contribution < 1.29 is 9.13 Å². The van der Waals surface area contributed by atoms with Gasteiger partial charge >= 0.3 is 0 Å². The van der Waals surface area contributed by atoms with Gasteiger partial charge in [-0.15, -0.1) is 0 Å². The lowest BCUT2D eigenvalue weighted by Gasteiger charge is -2.43. The minimum absolute atomic E-state index is 0.177. The first kappa shape index (κ1) is 15.5. The van der Waals surface area contributed by atoms with Crippen LogP contribution in [0, 0.1) is 18.7 Å². The van der Waals surface area contributed by atoms with E-state index in [0.717, 1.165) is 37.2 Å². The first-order chi connectivity index (χ1) is 9.48. The van der Waals surface area contributed by atoms with Gasteiger partial charge in [0.1, 0.15) is 5.82 Å². The maximum atomic E-state index is 13.4. The molecule has 3 heteroatoms. The van der Waals surface area contributed by atoms with Crippen molar-refractivity contribution in [2.45, 2.75) is 58.1 Å². The SMILES string of the molecule is CCOC1(C(N)c2ccc(F)c(C)c2)CCC(C)CC1. The van der Waals surface area contributed by atoms with Crippen LogP contribution in [0.4, 0.5) is 4.39 Å². The van der Waals surface area contributed by atoms with Crippen molar-refractivity contribution in [3.63, 3.8) is 0 Å². The van der Waals surface area contributed by atoms with Crippen LogP contribution in [0.1, 0.15) is 56.7 Å². The smallest absolute Gasteiger partial charge is 0.126 e. The molecule has 0 heterocycles. The van der Waals surface area contributed by atoms with Crippen LogP contribution in [0.5, 0.6) is 0 Å². The fourth-order valence-corrected chi connectivity index (χ4v) is 3.25. The minimum atomic E-state index is -0.286. The molecule has 1 saturated carbocycles. The third-order valence-corrected chi connectivity index (χ3v) is 4.66. The number of hydrogen-bond donors (Lipinski definition) is 1.